The number of hydrogen-bond donors (Lipinski definition) is 0. The minimum atomic E-state index is -0.148. The van der Waals surface area contributed by atoms with Gasteiger partial charge in [0.15, 0.2) is 0 Å². The van der Waals surface area contributed by atoms with Crippen molar-refractivity contribution in [1.82, 2.24) is 4.57 Å². The van der Waals surface area contributed by atoms with Crippen LogP contribution >= 0.6 is 0 Å². The van der Waals surface area contributed by atoms with E-state index in [1.54, 1.807) is 0 Å². The van der Waals surface area contributed by atoms with Gasteiger partial charge in [0.2, 0.25) is 6.33 Å². The van der Waals surface area contributed by atoms with Crippen LogP contribution in [0.2, 0.25) is 0 Å². The van der Waals surface area contributed by atoms with E-state index in [9.17, 15) is 4.79 Å². The quantitative estimate of drug-likeness (QED) is 0.403. The number of hydrogen-bond acceptors (Lipinski definition) is 2. The summed E-state index contributed by atoms with van der Waals surface area (Å²) in [5.74, 6) is -0.148. The van der Waals surface area contributed by atoms with Crippen LogP contribution in [0.4, 0.5) is 0 Å². The second-order valence-electron chi connectivity index (χ2n) is 4.72. The summed E-state index contributed by atoms with van der Waals surface area (Å²) in [5, 5.41) is 0. The largest absolute Gasteiger partial charge is 0.469 e. The Kier molecular flexibility index (Phi) is 6.47. The van der Waals surface area contributed by atoms with E-state index in [1.165, 1.54) is 38.5 Å². The number of ether oxygens (including phenoxy) is 1. The third-order valence-corrected chi connectivity index (χ3v) is 3.17. The van der Waals surface area contributed by atoms with Gasteiger partial charge in [0.25, 0.3) is 0 Å². The van der Waals surface area contributed by atoms with Crippen LogP contribution in [-0.4, -0.2) is 17.6 Å². The van der Waals surface area contributed by atoms with Gasteiger partial charge in [0.05, 0.1) is 27.1 Å². The second-order valence-corrected chi connectivity index (χ2v) is 4.72. The summed E-state index contributed by atoms with van der Waals surface area (Å²) in [6.07, 6.45) is 10.5. The summed E-state index contributed by atoms with van der Waals surface area (Å²) in [6, 6.07) is 0. The molecule has 0 atom stereocenters. The molecule has 1 heterocycles. The van der Waals surface area contributed by atoms with Gasteiger partial charge in [-0.2, -0.15) is 0 Å². The van der Waals surface area contributed by atoms with Crippen molar-refractivity contribution in [3.63, 3.8) is 0 Å². The standard InChI is InChI=1S/C14H25N2O2/c1-4-5-6-7-10-16-11-13(15(2)12-16)8-9-14(17)18-3/h11-12H,4-10H2,1-3H3/q+1. The fraction of sp³-hybridized carbons (Fsp3) is 0.714. The molecule has 0 aromatic carbocycles. The number of aryl methyl sites for hydroxylation is 3. The van der Waals surface area contributed by atoms with Crippen molar-refractivity contribution in [2.24, 2.45) is 7.05 Å². The molecule has 0 aliphatic rings. The molecule has 0 unspecified atom stereocenters. The summed E-state index contributed by atoms with van der Waals surface area (Å²) in [7, 11) is 3.45. The lowest BCUT2D eigenvalue weighted by Crippen LogP contribution is -2.30. The molecule has 0 fully saturated rings. The minimum absolute atomic E-state index is 0.148. The third kappa shape index (κ3) is 4.90. The first-order valence-electron chi connectivity index (χ1n) is 6.78. The van der Waals surface area contributed by atoms with Gasteiger partial charge in [0.1, 0.15) is 11.9 Å². The highest BCUT2D eigenvalue weighted by Gasteiger charge is 2.12. The Hall–Kier alpha value is -1.32. The van der Waals surface area contributed by atoms with E-state index < -0.39 is 0 Å². The highest BCUT2D eigenvalue weighted by Crippen LogP contribution is 2.03. The summed E-state index contributed by atoms with van der Waals surface area (Å²) in [4.78, 5) is 11.1. The van der Waals surface area contributed by atoms with Crippen LogP contribution in [0.25, 0.3) is 0 Å². The third-order valence-electron chi connectivity index (χ3n) is 3.17. The Morgan fingerprint density at radius 2 is 2.17 bits per heavy atom. The molecule has 1 aromatic heterocycles. The number of esters is 1. The van der Waals surface area contributed by atoms with E-state index >= 15 is 0 Å². The summed E-state index contributed by atoms with van der Waals surface area (Å²) < 4.78 is 8.95. The first-order chi connectivity index (χ1) is 8.67. The molecule has 18 heavy (non-hydrogen) atoms. The van der Waals surface area contributed by atoms with Crippen LogP contribution in [0.3, 0.4) is 0 Å². The van der Waals surface area contributed by atoms with Crippen molar-refractivity contribution in [2.45, 2.75) is 52.0 Å². The van der Waals surface area contributed by atoms with Gasteiger partial charge in [-0.15, -0.1) is 0 Å². The van der Waals surface area contributed by atoms with Crippen LogP contribution in [0, 0.1) is 0 Å². The molecule has 0 bridgehead atoms. The monoisotopic (exact) mass is 253 g/mol. The van der Waals surface area contributed by atoms with Gasteiger partial charge < -0.3 is 4.74 Å². The molecule has 0 aliphatic carbocycles. The molecule has 0 amide bonds. The van der Waals surface area contributed by atoms with Crippen LogP contribution in [0.15, 0.2) is 12.5 Å². The lowest BCUT2D eigenvalue weighted by Gasteiger charge is -1.96. The number of carbonyl (C=O) groups is 1. The molecule has 0 N–H and O–H groups in total. The topological polar surface area (TPSA) is 35.1 Å². The first kappa shape index (κ1) is 14.7. The van der Waals surface area contributed by atoms with E-state index in [2.05, 4.69) is 33.3 Å². The molecule has 1 rings (SSSR count). The lowest BCUT2D eigenvalue weighted by atomic mass is 10.2. The predicted molar refractivity (Wildman–Crippen MR) is 70.1 cm³/mol. The average Bonchev–Trinajstić information content (AvgIpc) is 2.72. The van der Waals surface area contributed by atoms with Crippen LogP contribution in [0.5, 0.6) is 0 Å². The lowest BCUT2D eigenvalue weighted by molar-refractivity contribution is -0.697. The van der Waals surface area contributed by atoms with Gasteiger partial charge in [-0.25, -0.2) is 9.13 Å². The van der Waals surface area contributed by atoms with Crippen molar-refractivity contribution >= 4 is 5.97 Å². The maximum atomic E-state index is 11.1. The average molecular weight is 253 g/mol. The number of methoxy groups -OCH3 is 1. The number of rotatable bonds is 8. The zero-order valence-corrected chi connectivity index (χ0v) is 11.8. The maximum Gasteiger partial charge on any atom is 0.305 e. The van der Waals surface area contributed by atoms with Crippen molar-refractivity contribution < 1.29 is 14.1 Å². The molecular formula is C14H25N2O2+. The Labute approximate surface area is 110 Å². The van der Waals surface area contributed by atoms with E-state index in [4.69, 9.17) is 0 Å². The molecule has 0 spiro atoms. The highest BCUT2D eigenvalue weighted by atomic mass is 16.5. The molecule has 4 nitrogen and oxygen atoms in total. The van der Waals surface area contributed by atoms with E-state index in [1.807, 2.05) is 7.05 Å². The predicted octanol–water partition coefficient (Wildman–Crippen LogP) is 2.00. The summed E-state index contributed by atoms with van der Waals surface area (Å²) in [6.45, 7) is 3.28. The van der Waals surface area contributed by atoms with Gasteiger partial charge in [-0.05, 0) is 12.8 Å². The first-order valence-corrected chi connectivity index (χ1v) is 6.78. The van der Waals surface area contributed by atoms with Gasteiger partial charge in [-0.1, -0.05) is 19.8 Å². The zero-order valence-electron chi connectivity index (χ0n) is 11.8. The molecule has 1 aromatic rings. The minimum Gasteiger partial charge on any atom is -0.469 e. The molecular weight excluding hydrogens is 228 g/mol. The van der Waals surface area contributed by atoms with Gasteiger partial charge in [0, 0.05) is 6.42 Å². The number of unbranched alkanes of at least 4 members (excludes halogenated alkanes) is 3. The SMILES string of the molecule is CCCCCC[n+]1cc(CCC(=O)OC)n(C)c1. The maximum absolute atomic E-state index is 11.1. The molecule has 4 heteroatoms. The highest BCUT2D eigenvalue weighted by molar-refractivity contribution is 5.69. The number of aromatic nitrogens is 2. The second kappa shape index (κ2) is 7.90. The van der Waals surface area contributed by atoms with Gasteiger partial charge >= 0.3 is 5.97 Å². The molecule has 0 radical (unpaired) electrons. The Morgan fingerprint density at radius 3 is 2.83 bits per heavy atom. The fourth-order valence-electron chi connectivity index (χ4n) is 2.03. The fourth-order valence-corrected chi connectivity index (χ4v) is 2.03. The Bertz CT molecular complexity index is 372. The summed E-state index contributed by atoms with van der Waals surface area (Å²) >= 11 is 0. The summed E-state index contributed by atoms with van der Waals surface area (Å²) in [5.41, 5.74) is 1.18. The Morgan fingerprint density at radius 1 is 1.39 bits per heavy atom. The van der Waals surface area contributed by atoms with Crippen LogP contribution in [0.1, 0.15) is 44.7 Å². The molecule has 102 valence electrons. The van der Waals surface area contributed by atoms with Crippen molar-refractivity contribution in [3.05, 3.63) is 18.2 Å². The van der Waals surface area contributed by atoms with Crippen molar-refractivity contribution in [3.8, 4) is 0 Å². The van der Waals surface area contributed by atoms with Crippen molar-refractivity contribution in [2.75, 3.05) is 7.11 Å². The smallest absolute Gasteiger partial charge is 0.305 e. The Balaban J connectivity index is 2.40. The molecule has 0 saturated carbocycles. The molecule has 0 saturated heterocycles. The molecule has 0 aliphatic heterocycles. The number of nitrogens with zero attached hydrogens (tertiary/aromatic N) is 2. The zero-order chi connectivity index (χ0) is 13.4. The van der Waals surface area contributed by atoms with E-state index in [-0.39, 0.29) is 5.97 Å². The number of imidazole rings is 1. The van der Waals surface area contributed by atoms with Crippen LogP contribution < -0.4 is 4.57 Å². The normalized spacial score (nSPS) is 10.6. The van der Waals surface area contributed by atoms with Crippen LogP contribution in [-0.2, 0) is 29.5 Å². The number of carbonyl (C=O) groups excluding carboxylic acids is 1. The van der Waals surface area contributed by atoms with E-state index in [0.29, 0.717) is 6.42 Å². The van der Waals surface area contributed by atoms with Gasteiger partial charge in [-0.3, -0.25) is 4.79 Å². The van der Waals surface area contributed by atoms with Crippen molar-refractivity contribution in [1.29, 1.82) is 0 Å². The van der Waals surface area contributed by atoms with E-state index in [0.717, 1.165) is 13.0 Å².